The first-order valence-electron chi connectivity index (χ1n) is 8.35. The van der Waals surface area contributed by atoms with Gasteiger partial charge >= 0.3 is 0 Å². The molecule has 2 heterocycles. The van der Waals surface area contributed by atoms with Crippen LogP contribution in [0.3, 0.4) is 0 Å². The molecule has 3 nitrogen and oxygen atoms in total. The molecule has 0 spiro atoms. The van der Waals surface area contributed by atoms with Crippen molar-refractivity contribution in [3.05, 3.63) is 65.2 Å². The van der Waals surface area contributed by atoms with Gasteiger partial charge in [-0.25, -0.2) is 0 Å². The van der Waals surface area contributed by atoms with Gasteiger partial charge in [0.1, 0.15) is 12.0 Å². The van der Waals surface area contributed by atoms with Gasteiger partial charge in [0.15, 0.2) is 0 Å². The summed E-state index contributed by atoms with van der Waals surface area (Å²) in [6, 6.07) is 14.7. The normalized spacial score (nSPS) is 21.4. The molecule has 2 aliphatic rings. The molecule has 1 saturated heterocycles. The van der Waals surface area contributed by atoms with E-state index in [1.54, 1.807) is 14.2 Å². The minimum absolute atomic E-state index is 0.135. The van der Waals surface area contributed by atoms with Crippen molar-refractivity contribution in [2.45, 2.75) is 11.6 Å². The van der Waals surface area contributed by atoms with Gasteiger partial charge in [0, 0.05) is 18.6 Å². The standard InChI is InChI=1S/C21H21NO2S/c1-23-18-5-3-4-15(12-18)6-7-16-8-9-17-10-11-21-22(19(17)13-16)20(24-2)14-25-21/h3-13,20-21H,14H2,1-2H3/b7-6+. The lowest BCUT2D eigenvalue weighted by Gasteiger charge is -2.33. The molecular formula is C21H21NO2S. The Kier molecular flexibility index (Phi) is 4.55. The highest BCUT2D eigenvalue weighted by Gasteiger charge is 2.35. The molecule has 128 valence electrons. The summed E-state index contributed by atoms with van der Waals surface area (Å²) in [7, 11) is 3.48. The molecule has 0 bridgehead atoms. The van der Waals surface area contributed by atoms with Gasteiger partial charge in [-0.3, -0.25) is 0 Å². The largest absolute Gasteiger partial charge is 0.497 e. The molecule has 4 rings (SSSR count). The smallest absolute Gasteiger partial charge is 0.140 e. The zero-order valence-corrected chi connectivity index (χ0v) is 15.2. The fraction of sp³-hybridized carbons (Fsp3) is 0.238. The van der Waals surface area contributed by atoms with Crippen LogP contribution in [0, 0.1) is 0 Å². The third-order valence-electron chi connectivity index (χ3n) is 4.60. The van der Waals surface area contributed by atoms with Crippen LogP contribution in [0.2, 0.25) is 0 Å². The van der Waals surface area contributed by atoms with E-state index in [2.05, 4.69) is 53.5 Å². The SMILES string of the molecule is COc1cccc(/C=C/c2ccc3c(c2)N2C(OC)CSC2C=C3)c1. The van der Waals surface area contributed by atoms with Crippen molar-refractivity contribution in [1.82, 2.24) is 0 Å². The van der Waals surface area contributed by atoms with E-state index in [1.807, 2.05) is 30.0 Å². The van der Waals surface area contributed by atoms with Crippen molar-refractivity contribution >= 4 is 35.7 Å². The molecule has 0 saturated carbocycles. The van der Waals surface area contributed by atoms with Gasteiger partial charge in [0.2, 0.25) is 0 Å². The lowest BCUT2D eigenvalue weighted by Crippen LogP contribution is -2.38. The van der Waals surface area contributed by atoms with E-state index in [0.29, 0.717) is 5.37 Å². The van der Waals surface area contributed by atoms with E-state index < -0.39 is 0 Å². The molecule has 2 aromatic carbocycles. The topological polar surface area (TPSA) is 21.7 Å². The number of hydrogen-bond donors (Lipinski definition) is 0. The number of thioether (sulfide) groups is 1. The second-order valence-electron chi connectivity index (χ2n) is 6.11. The molecule has 1 fully saturated rings. The number of anilines is 1. The third kappa shape index (κ3) is 3.20. The fourth-order valence-electron chi connectivity index (χ4n) is 3.28. The predicted molar refractivity (Wildman–Crippen MR) is 107 cm³/mol. The van der Waals surface area contributed by atoms with Crippen LogP contribution in [-0.4, -0.2) is 31.6 Å². The van der Waals surface area contributed by atoms with Crippen molar-refractivity contribution < 1.29 is 9.47 Å². The molecule has 2 unspecified atom stereocenters. The van der Waals surface area contributed by atoms with Gasteiger partial charge in [-0.05, 0) is 34.9 Å². The van der Waals surface area contributed by atoms with Crippen LogP contribution in [0.4, 0.5) is 5.69 Å². The zero-order chi connectivity index (χ0) is 17.2. The van der Waals surface area contributed by atoms with E-state index in [9.17, 15) is 0 Å². The fourth-order valence-corrected chi connectivity index (χ4v) is 4.54. The van der Waals surface area contributed by atoms with Crippen LogP contribution >= 0.6 is 11.8 Å². The number of fused-ring (bicyclic) bond motifs is 3. The summed E-state index contributed by atoms with van der Waals surface area (Å²) in [4.78, 5) is 2.38. The summed E-state index contributed by atoms with van der Waals surface area (Å²) in [6.07, 6.45) is 8.88. The zero-order valence-electron chi connectivity index (χ0n) is 14.4. The summed E-state index contributed by atoms with van der Waals surface area (Å²) in [5.74, 6) is 1.87. The summed E-state index contributed by atoms with van der Waals surface area (Å²) in [5.41, 5.74) is 4.81. The van der Waals surface area contributed by atoms with Crippen molar-refractivity contribution in [2.75, 3.05) is 24.9 Å². The number of benzene rings is 2. The number of methoxy groups -OCH3 is 2. The van der Waals surface area contributed by atoms with Gasteiger partial charge in [0.05, 0.1) is 12.5 Å². The lowest BCUT2D eigenvalue weighted by atomic mass is 10.0. The first kappa shape index (κ1) is 16.3. The Morgan fingerprint density at radius 2 is 1.92 bits per heavy atom. The highest BCUT2D eigenvalue weighted by atomic mass is 32.2. The average molecular weight is 351 g/mol. The highest BCUT2D eigenvalue weighted by molar-refractivity contribution is 8.00. The molecule has 0 aromatic heterocycles. The lowest BCUT2D eigenvalue weighted by molar-refractivity contribution is 0.123. The van der Waals surface area contributed by atoms with E-state index >= 15 is 0 Å². The Bertz CT molecular complexity index is 830. The van der Waals surface area contributed by atoms with E-state index in [-0.39, 0.29) is 6.23 Å². The number of nitrogens with zero attached hydrogens (tertiary/aromatic N) is 1. The van der Waals surface area contributed by atoms with Gasteiger partial charge in [0.25, 0.3) is 0 Å². The van der Waals surface area contributed by atoms with E-state index in [4.69, 9.17) is 9.47 Å². The van der Waals surface area contributed by atoms with Crippen LogP contribution in [0.15, 0.2) is 48.5 Å². The van der Waals surface area contributed by atoms with E-state index in [0.717, 1.165) is 17.1 Å². The predicted octanol–water partition coefficient (Wildman–Crippen LogP) is 4.74. The molecule has 4 heteroatoms. The monoisotopic (exact) mass is 351 g/mol. The van der Waals surface area contributed by atoms with Crippen molar-refractivity contribution in [3.8, 4) is 5.75 Å². The van der Waals surface area contributed by atoms with Crippen LogP contribution in [-0.2, 0) is 4.74 Å². The second-order valence-corrected chi connectivity index (χ2v) is 7.26. The Morgan fingerprint density at radius 3 is 2.72 bits per heavy atom. The van der Waals surface area contributed by atoms with E-state index in [1.165, 1.54) is 16.8 Å². The minimum Gasteiger partial charge on any atom is -0.497 e. The highest BCUT2D eigenvalue weighted by Crippen LogP contribution is 2.41. The van der Waals surface area contributed by atoms with Crippen LogP contribution < -0.4 is 9.64 Å². The molecule has 0 amide bonds. The quantitative estimate of drug-likeness (QED) is 0.742. The van der Waals surface area contributed by atoms with Crippen LogP contribution in [0.5, 0.6) is 5.75 Å². The Hall–Kier alpha value is -2.17. The average Bonchev–Trinajstić information content (AvgIpc) is 3.10. The molecule has 2 aliphatic heterocycles. The summed E-state index contributed by atoms with van der Waals surface area (Å²) in [6.45, 7) is 0. The summed E-state index contributed by atoms with van der Waals surface area (Å²) in [5, 5.41) is 0.370. The van der Waals surface area contributed by atoms with Crippen LogP contribution in [0.25, 0.3) is 18.2 Å². The van der Waals surface area contributed by atoms with Gasteiger partial charge in [-0.15, -0.1) is 11.8 Å². The molecule has 25 heavy (non-hydrogen) atoms. The maximum atomic E-state index is 5.67. The Labute approximate surface area is 152 Å². The third-order valence-corrected chi connectivity index (χ3v) is 5.80. The first-order chi connectivity index (χ1) is 12.3. The maximum Gasteiger partial charge on any atom is 0.140 e. The molecule has 0 N–H and O–H groups in total. The Morgan fingerprint density at radius 1 is 1.08 bits per heavy atom. The van der Waals surface area contributed by atoms with Crippen molar-refractivity contribution in [1.29, 1.82) is 0 Å². The Balaban J connectivity index is 1.63. The number of ether oxygens (including phenoxy) is 2. The van der Waals surface area contributed by atoms with Crippen molar-refractivity contribution in [3.63, 3.8) is 0 Å². The van der Waals surface area contributed by atoms with Crippen molar-refractivity contribution in [2.24, 2.45) is 0 Å². The number of rotatable bonds is 4. The number of hydrogen-bond acceptors (Lipinski definition) is 4. The minimum atomic E-state index is 0.135. The molecule has 2 aromatic rings. The first-order valence-corrected chi connectivity index (χ1v) is 9.40. The molecular weight excluding hydrogens is 330 g/mol. The molecule has 2 atom stereocenters. The maximum absolute atomic E-state index is 5.67. The van der Waals surface area contributed by atoms with Gasteiger partial charge in [-0.1, -0.05) is 48.6 Å². The van der Waals surface area contributed by atoms with Gasteiger partial charge in [-0.2, -0.15) is 0 Å². The van der Waals surface area contributed by atoms with Gasteiger partial charge < -0.3 is 14.4 Å². The second kappa shape index (κ2) is 6.98. The summed E-state index contributed by atoms with van der Waals surface area (Å²) >= 11 is 1.92. The molecule has 0 radical (unpaired) electrons. The molecule has 0 aliphatic carbocycles. The summed E-state index contributed by atoms with van der Waals surface area (Å²) < 4.78 is 11.0. The van der Waals surface area contributed by atoms with Crippen LogP contribution in [0.1, 0.15) is 16.7 Å².